The number of imidazole rings is 1. The van der Waals surface area contributed by atoms with Gasteiger partial charge in [0.15, 0.2) is 0 Å². The maximum Gasteiger partial charge on any atom is 0.274 e. The van der Waals surface area contributed by atoms with Crippen molar-refractivity contribution in [3.05, 3.63) is 35.7 Å². The first kappa shape index (κ1) is 14.5. The molecule has 0 spiro atoms. The van der Waals surface area contributed by atoms with Gasteiger partial charge in [0.05, 0.1) is 6.04 Å². The minimum atomic E-state index is 0.0467. The Hall–Kier alpha value is -2.11. The third-order valence-corrected chi connectivity index (χ3v) is 4.95. The Morgan fingerprint density at radius 2 is 2.17 bits per heavy atom. The highest BCUT2D eigenvalue weighted by molar-refractivity contribution is 5.92. The molecule has 1 aliphatic heterocycles. The molecule has 0 aromatic carbocycles. The Labute approximate surface area is 136 Å². The molecule has 122 valence electrons. The summed E-state index contributed by atoms with van der Waals surface area (Å²) in [5, 5.41) is 4.34. The minimum Gasteiger partial charge on any atom is -0.335 e. The predicted octanol–water partition coefficient (Wildman–Crippen LogP) is 2.37. The van der Waals surface area contributed by atoms with Gasteiger partial charge in [0.25, 0.3) is 5.91 Å². The maximum atomic E-state index is 12.6. The van der Waals surface area contributed by atoms with E-state index in [-0.39, 0.29) is 5.91 Å². The van der Waals surface area contributed by atoms with E-state index in [0.29, 0.717) is 17.7 Å². The van der Waals surface area contributed by atoms with Crippen molar-refractivity contribution in [2.75, 3.05) is 13.1 Å². The lowest BCUT2D eigenvalue weighted by Crippen LogP contribution is -2.30. The van der Waals surface area contributed by atoms with Crippen LogP contribution in [0.4, 0.5) is 0 Å². The number of likely N-dealkylation sites (tertiary alicyclic amines) is 1. The average molecular weight is 313 g/mol. The topological polar surface area (TPSA) is 56.0 Å². The molecule has 2 fully saturated rings. The Morgan fingerprint density at radius 1 is 1.35 bits per heavy atom. The van der Waals surface area contributed by atoms with Gasteiger partial charge in [-0.1, -0.05) is 0 Å². The third kappa shape index (κ3) is 2.56. The van der Waals surface area contributed by atoms with Crippen molar-refractivity contribution >= 4 is 5.91 Å². The lowest BCUT2D eigenvalue weighted by atomic mass is 10.2. The zero-order valence-corrected chi connectivity index (χ0v) is 13.8. The Kier molecular flexibility index (Phi) is 3.47. The van der Waals surface area contributed by atoms with Crippen molar-refractivity contribution in [1.82, 2.24) is 24.2 Å². The number of carbonyl (C=O) groups is 1. The fourth-order valence-electron chi connectivity index (χ4n) is 3.53. The van der Waals surface area contributed by atoms with Crippen molar-refractivity contribution in [2.24, 2.45) is 0 Å². The molecule has 1 saturated heterocycles. The van der Waals surface area contributed by atoms with Gasteiger partial charge in [0.2, 0.25) is 0 Å². The van der Waals surface area contributed by atoms with E-state index in [2.05, 4.69) is 21.6 Å². The molecule has 6 heteroatoms. The molecule has 1 aliphatic carbocycles. The first-order valence-electron chi connectivity index (χ1n) is 8.53. The predicted molar refractivity (Wildman–Crippen MR) is 86.4 cm³/mol. The van der Waals surface area contributed by atoms with Crippen LogP contribution in [0.3, 0.4) is 0 Å². The fourth-order valence-corrected chi connectivity index (χ4v) is 3.53. The highest BCUT2D eigenvalue weighted by Crippen LogP contribution is 2.41. The molecule has 6 nitrogen and oxygen atoms in total. The van der Waals surface area contributed by atoms with Crippen LogP contribution in [0.1, 0.15) is 60.2 Å². The number of amides is 1. The van der Waals surface area contributed by atoms with Crippen LogP contribution >= 0.6 is 0 Å². The van der Waals surface area contributed by atoms with Gasteiger partial charge in [-0.3, -0.25) is 9.48 Å². The number of carbonyl (C=O) groups excluding carboxylic acids is 1. The maximum absolute atomic E-state index is 12.6. The molecule has 1 amide bonds. The van der Waals surface area contributed by atoms with Crippen LogP contribution < -0.4 is 0 Å². The van der Waals surface area contributed by atoms with E-state index in [0.717, 1.165) is 26.1 Å². The SMILES string of the molecule is CCn1ccc(C(=O)N2CCC(n3c(C)cnc3C3CC3)C2)n1. The lowest BCUT2D eigenvalue weighted by molar-refractivity contribution is 0.0780. The van der Waals surface area contributed by atoms with Gasteiger partial charge in [-0.15, -0.1) is 0 Å². The second-order valence-corrected chi connectivity index (χ2v) is 6.65. The van der Waals surface area contributed by atoms with Gasteiger partial charge in [0.1, 0.15) is 11.5 Å². The van der Waals surface area contributed by atoms with Gasteiger partial charge in [0, 0.05) is 43.6 Å². The number of aromatic nitrogens is 4. The van der Waals surface area contributed by atoms with Crippen LogP contribution in [-0.4, -0.2) is 43.2 Å². The van der Waals surface area contributed by atoms with Crippen molar-refractivity contribution in [3.63, 3.8) is 0 Å². The van der Waals surface area contributed by atoms with E-state index >= 15 is 0 Å². The highest BCUT2D eigenvalue weighted by atomic mass is 16.2. The van der Waals surface area contributed by atoms with Crippen molar-refractivity contribution < 1.29 is 4.79 Å². The van der Waals surface area contributed by atoms with Crippen LogP contribution in [-0.2, 0) is 6.54 Å². The molecule has 2 aliphatic rings. The zero-order chi connectivity index (χ0) is 16.0. The summed E-state index contributed by atoms with van der Waals surface area (Å²) in [4.78, 5) is 19.2. The normalized spacial score (nSPS) is 21.1. The molecule has 1 saturated carbocycles. The average Bonchev–Trinajstić information content (AvgIpc) is 2.99. The van der Waals surface area contributed by atoms with Gasteiger partial charge in [-0.05, 0) is 39.2 Å². The molecule has 1 unspecified atom stereocenters. The monoisotopic (exact) mass is 313 g/mol. The lowest BCUT2D eigenvalue weighted by Gasteiger charge is -2.19. The number of nitrogens with zero attached hydrogens (tertiary/aromatic N) is 5. The summed E-state index contributed by atoms with van der Waals surface area (Å²) in [6.07, 6.45) is 7.34. The largest absolute Gasteiger partial charge is 0.335 e. The van der Waals surface area contributed by atoms with Crippen molar-refractivity contribution in [2.45, 2.75) is 51.6 Å². The second-order valence-electron chi connectivity index (χ2n) is 6.65. The Balaban J connectivity index is 1.51. The number of rotatable bonds is 4. The van der Waals surface area contributed by atoms with E-state index in [1.807, 2.05) is 30.3 Å². The standard InChI is InChI=1S/C17H23N5O/c1-3-21-9-7-15(19-21)17(23)20-8-6-14(11-20)22-12(2)10-18-16(22)13-4-5-13/h7,9-10,13-14H,3-6,8,11H2,1-2H3. The highest BCUT2D eigenvalue weighted by Gasteiger charge is 2.35. The quantitative estimate of drug-likeness (QED) is 0.871. The first-order chi connectivity index (χ1) is 11.2. The molecule has 3 heterocycles. The fraction of sp³-hybridized carbons (Fsp3) is 0.588. The summed E-state index contributed by atoms with van der Waals surface area (Å²) in [6.45, 7) is 6.48. The van der Waals surface area contributed by atoms with Crippen LogP contribution in [0.25, 0.3) is 0 Å². The van der Waals surface area contributed by atoms with Gasteiger partial charge in [-0.2, -0.15) is 5.10 Å². The molecular weight excluding hydrogens is 290 g/mol. The molecule has 0 bridgehead atoms. The molecule has 4 rings (SSSR count). The first-order valence-corrected chi connectivity index (χ1v) is 8.53. The van der Waals surface area contributed by atoms with E-state index in [9.17, 15) is 4.79 Å². The smallest absolute Gasteiger partial charge is 0.274 e. The van der Waals surface area contributed by atoms with Crippen LogP contribution in [0.2, 0.25) is 0 Å². The van der Waals surface area contributed by atoms with E-state index in [4.69, 9.17) is 0 Å². The van der Waals surface area contributed by atoms with Gasteiger partial charge >= 0.3 is 0 Å². The summed E-state index contributed by atoms with van der Waals surface area (Å²) in [5.74, 6) is 1.90. The zero-order valence-electron chi connectivity index (χ0n) is 13.8. The molecular formula is C17H23N5O. The molecule has 1 atom stereocenters. The van der Waals surface area contributed by atoms with Crippen LogP contribution in [0, 0.1) is 6.92 Å². The summed E-state index contributed by atoms with van der Waals surface area (Å²) in [5.41, 5.74) is 1.76. The number of aryl methyl sites for hydroxylation is 2. The molecule has 2 aromatic heterocycles. The van der Waals surface area contributed by atoms with E-state index in [1.54, 1.807) is 4.68 Å². The minimum absolute atomic E-state index is 0.0467. The van der Waals surface area contributed by atoms with Gasteiger partial charge < -0.3 is 9.47 Å². The van der Waals surface area contributed by atoms with Crippen molar-refractivity contribution in [1.29, 1.82) is 0 Å². The summed E-state index contributed by atoms with van der Waals surface area (Å²) >= 11 is 0. The Bertz CT molecular complexity index is 727. The Morgan fingerprint density at radius 3 is 2.87 bits per heavy atom. The van der Waals surface area contributed by atoms with Crippen LogP contribution in [0.15, 0.2) is 18.5 Å². The van der Waals surface area contributed by atoms with Crippen molar-refractivity contribution in [3.8, 4) is 0 Å². The second kappa shape index (κ2) is 5.51. The molecule has 0 radical (unpaired) electrons. The van der Waals surface area contributed by atoms with E-state index < -0.39 is 0 Å². The molecule has 0 N–H and O–H groups in total. The summed E-state index contributed by atoms with van der Waals surface area (Å²) in [6, 6.07) is 2.17. The molecule has 2 aromatic rings. The van der Waals surface area contributed by atoms with Crippen LogP contribution in [0.5, 0.6) is 0 Å². The molecule has 23 heavy (non-hydrogen) atoms. The van der Waals surface area contributed by atoms with Gasteiger partial charge in [-0.25, -0.2) is 4.98 Å². The number of hydrogen-bond donors (Lipinski definition) is 0. The number of hydrogen-bond acceptors (Lipinski definition) is 3. The third-order valence-electron chi connectivity index (χ3n) is 4.95. The summed E-state index contributed by atoms with van der Waals surface area (Å²) in [7, 11) is 0. The van der Waals surface area contributed by atoms with E-state index in [1.165, 1.54) is 24.4 Å². The summed E-state index contributed by atoms with van der Waals surface area (Å²) < 4.78 is 4.17.